The number of rotatable bonds is 3. The lowest BCUT2D eigenvalue weighted by Gasteiger charge is -2.20. The highest BCUT2D eigenvalue weighted by atomic mass is 19.1. The second-order valence-electron chi connectivity index (χ2n) is 5.62. The monoisotopic (exact) mass is 256 g/mol. The first-order chi connectivity index (χ1) is 9.00. The first-order valence-electron chi connectivity index (χ1n) is 6.89. The van der Waals surface area contributed by atoms with Crippen molar-refractivity contribution in [2.24, 2.45) is 0 Å². The summed E-state index contributed by atoms with van der Waals surface area (Å²) >= 11 is 0. The summed E-state index contributed by atoms with van der Waals surface area (Å²) in [6, 6.07) is 13.2. The molecular weight excluding hydrogens is 235 g/mol. The van der Waals surface area contributed by atoms with Crippen LogP contribution in [-0.4, -0.2) is 0 Å². The summed E-state index contributed by atoms with van der Waals surface area (Å²) in [7, 11) is 0. The standard InChI is InChI=1S/C18H21F/c1-12(2)16-6-5-7-17(18(16)13(3)4)14-8-10-15(19)11-9-14/h5-13H,1-4H3. The van der Waals surface area contributed by atoms with E-state index in [4.69, 9.17) is 0 Å². The van der Waals surface area contributed by atoms with Gasteiger partial charge in [-0.2, -0.15) is 0 Å². The average Bonchev–Trinajstić information content (AvgIpc) is 2.38. The fourth-order valence-electron chi connectivity index (χ4n) is 2.61. The molecule has 100 valence electrons. The molecule has 0 bridgehead atoms. The van der Waals surface area contributed by atoms with Gasteiger partial charge in [0.15, 0.2) is 0 Å². The summed E-state index contributed by atoms with van der Waals surface area (Å²) in [6.07, 6.45) is 0. The van der Waals surface area contributed by atoms with Crippen molar-refractivity contribution >= 4 is 0 Å². The zero-order valence-corrected chi connectivity index (χ0v) is 12.1. The molecule has 0 saturated carbocycles. The van der Waals surface area contributed by atoms with Crippen LogP contribution in [0.3, 0.4) is 0 Å². The van der Waals surface area contributed by atoms with E-state index >= 15 is 0 Å². The van der Waals surface area contributed by atoms with E-state index in [-0.39, 0.29) is 5.82 Å². The second kappa shape index (κ2) is 5.56. The zero-order chi connectivity index (χ0) is 14.0. The highest BCUT2D eigenvalue weighted by molar-refractivity contribution is 5.69. The van der Waals surface area contributed by atoms with Gasteiger partial charge in [0.1, 0.15) is 5.82 Å². The Morgan fingerprint density at radius 2 is 1.42 bits per heavy atom. The topological polar surface area (TPSA) is 0 Å². The summed E-state index contributed by atoms with van der Waals surface area (Å²) in [4.78, 5) is 0. The molecule has 0 nitrogen and oxygen atoms in total. The SMILES string of the molecule is CC(C)c1cccc(-c2ccc(F)cc2)c1C(C)C. The van der Waals surface area contributed by atoms with Crippen LogP contribution < -0.4 is 0 Å². The maximum atomic E-state index is 13.1. The number of hydrogen-bond donors (Lipinski definition) is 0. The molecule has 0 aliphatic rings. The van der Waals surface area contributed by atoms with Crippen LogP contribution in [0, 0.1) is 5.82 Å². The van der Waals surface area contributed by atoms with Crippen molar-refractivity contribution in [3.63, 3.8) is 0 Å². The van der Waals surface area contributed by atoms with Gasteiger partial charge in [-0.3, -0.25) is 0 Å². The minimum absolute atomic E-state index is 0.185. The Balaban J connectivity index is 2.62. The van der Waals surface area contributed by atoms with Crippen LogP contribution in [0.1, 0.15) is 50.7 Å². The van der Waals surface area contributed by atoms with Crippen molar-refractivity contribution in [3.05, 3.63) is 59.4 Å². The van der Waals surface area contributed by atoms with E-state index < -0.39 is 0 Å². The molecule has 0 N–H and O–H groups in total. The van der Waals surface area contributed by atoms with E-state index in [1.807, 2.05) is 12.1 Å². The fraction of sp³-hybridized carbons (Fsp3) is 0.333. The van der Waals surface area contributed by atoms with E-state index in [1.165, 1.54) is 28.8 Å². The van der Waals surface area contributed by atoms with Gasteiger partial charge in [-0.1, -0.05) is 58.0 Å². The smallest absolute Gasteiger partial charge is 0.123 e. The lowest BCUT2D eigenvalue weighted by atomic mass is 9.84. The molecule has 0 saturated heterocycles. The molecule has 0 heterocycles. The zero-order valence-electron chi connectivity index (χ0n) is 12.1. The highest BCUT2D eigenvalue weighted by Crippen LogP contribution is 2.35. The average molecular weight is 256 g/mol. The van der Waals surface area contributed by atoms with E-state index in [2.05, 4.69) is 45.9 Å². The van der Waals surface area contributed by atoms with Gasteiger partial charge in [-0.05, 0) is 46.2 Å². The number of benzene rings is 2. The number of hydrogen-bond acceptors (Lipinski definition) is 0. The third-order valence-electron chi connectivity index (χ3n) is 3.49. The van der Waals surface area contributed by atoms with Crippen LogP contribution in [0.15, 0.2) is 42.5 Å². The van der Waals surface area contributed by atoms with Crippen molar-refractivity contribution in [1.82, 2.24) is 0 Å². The van der Waals surface area contributed by atoms with Gasteiger partial charge in [0.25, 0.3) is 0 Å². The molecule has 0 unspecified atom stereocenters. The lowest BCUT2D eigenvalue weighted by Crippen LogP contribution is -2.01. The minimum Gasteiger partial charge on any atom is -0.207 e. The van der Waals surface area contributed by atoms with Crippen molar-refractivity contribution in [2.45, 2.75) is 39.5 Å². The summed E-state index contributed by atoms with van der Waals surface area (Å²) in [5.74, 6) is 0.770. The summed E-state index contributed by atoms with van der Waals surface area (Å²) in [5, 5.41) is 0. The summed E-state index contributed by atoms with van der Waals surface area (Å²) in [5.41, 5.74) is 5.08. The van der Waals surface area contributed by atoms with E-state index in [0.29, 0.717) is 11.8 Å². The molecule has 0 atom stereocenters. The van der Waals surface area contributed by atoms with Crippen LogP contribution in [0.5, 0.6) is 0 Å². The van der Waals surface area contributed by atoms with Crippen LogP contribution in [0.25, 0.3) is 11.1 Å². The summed E-state index contributed by atoms with van der Waals surface area (Å²) in [6.45, 7) is 8.87. The highest BCUT2D eigenvalue weighted by Gasteiger charge is 2.15. The Morgan fingerprint density at radius 1 is 0.789 bits per heavy atom. The van der Waals surface area contributed by atoms with Gasteiger partial charge in [0, 0.05) is 0 Å². The van der Waals surface area contributed by atoms with Crippen molar-refractivity contribution in [1.29, 1.82) is 0 Å². The normalized spacial score (nSPS) is 11.3. The number of halogens is 1. The Bertz CT molecular complexity index is 550. The van der Waals surface area contributed by atoms with Crippen molar-refractivity contribution in [3.8, 4) is 11.1 Å². The Labute approximate surface area is 115 Å². The van der Waals surface area contributed by atoms with Gasteiger partial charge < -0.3 is 0 Å². The van der Waals surface area contributed by atoms with Crippen molar-refractivity contribution in [2.75, 3.05) is 0 Å². The molecule has 2 rings (SSSR count). The van der Waals surface area contributed by atoms with Crippen LogP contribution in [0.4, 0.5) is 4.39 Å². The molecule has 2 aromatic carbocycles. The fourth-order valence-corrected chi connectivity index (χ4v) is 2.61. The van der Waals surface area contributed by atoms with Gasteiger partial charge >= 0.3 is 0 Å². The van der Waals surface area contributed by atoms with Crippen LogP contribution in [0.2, 0.25) is 0 Å². The van der Waals surface area contributed by atoms with E-state index in [0.717, 1.165) is 5.56 Å². The maximum Gasteiger partial charge on any atom is 0.123 e. The minimum atomic E-state index is -0.185. The molecule has 0 radical (unpaired) electrons. The van der Waals surface area contributed by atoms with Crippen LogP contribution >= 0.6 is 0 Å². The van der Waals surface area contributed by atoms with Crippen LogP contribution in [-0.2, 0) is 0 Å². The van der Waals surface area contributed by atoms with E-state index in [1.54, 1.807) is 0 Å². The summed E-state index contributed by atoms with van der Waals surface area (Å²) < 4.78 is 13.1. The molecule has 0 spiro atoms. The van der Waals surface area contributed by atoms with Crippen molar-refractivity contribution < 1.29 is 4.39 Å². The molecule has 0 aromatic heterocycles. The van der Waals surface area contributed by atoms with Gasteiger partial charge in [-0.15, -0.1) is 0 Å². The molecule has 0 amide bonds. The molecule has 1 heteroatoms. The third kappa shape index (κ3) is 2.86. The predicted molar refractivity (Wildman–Crippen MR) is 80.0 cm³/mol. The first kappa shape index (κ1) is 13.8. The van der Waals surface area contributed by atoms with Gasteiger partial charge in [0.05, 0.1) is 0 Å². The van der Waals surface area contributed by atoms with E-state index in [9.17, 15) is 4.39 Å². The van der Waals surface area contributed by atoms with Gasteiger partial charge in [-0.25, -0.2) is 4.39 Å². The predicted octanol–water partition coefficient (Wildman–Crippen LogP) is 5.74. The first-order valence-corrected chi connectivity index (χ1v) is 6.89. The third-order valence-corrected chi connectivity index (χ3v) is 3.49. The largest absolute Gasteiger partial charge is 0.207 e. The Hall–Kier alpha value is -1.63. The quantitative estimate of drug-likeness (QED) is 0.657. The molecule has 0 aliphatic carbocycles. The maximum absolute atomic E-state index is 13.1. The molecule has 0 aliphatic heterocycles. The molecule has 2 aromatic rings. The molecule has 0 fully saturated rings. The van der Waals surface area contributed by atoms with Gasteiger partial charge in [0.2, 0.25) is 0 Å². The lowest BCUT2D eigenvalue weighted by molar-refractivity contribution is 0.628. The molecular formula is C18H21F. The second-order valence-corrected chi connectivity index (χ2v) is 5.62. The Morgan fingerprint density at radius 3 is 1.95 bits per heavy atom. The Kier molecular flexibility index (Phi) is 4.04. The molecule has 19 heavy (non-hydrogen) atoms.